The monoisotopic (exact) mass is 544 g/mol. The second kappa shape index (κ2) is 11.2. The normalized spacial score (nSPS) is 14.8. The van der Waals surface area contributed by atoms with Gasteiger partial charge >= 0.3 is 0 Å². The second-order valence-corrected chi connectivity index (χ2v) is 11.0. The van der Waals surface area contributed by atoms with Crippen molar-refractivity contribution in [3.8, 4) is 0 Å². The molecule has 0 radical (unpaired) electrons. The standard InChI is InChI=1S/C28H28N6O2S2/c1-18-9-11-20(12-10-18)23-15-22(24-8-5-13-37-24)32-34(23)26(35)17-38-28-31-30-25(33(28)3)16-29-27(36)21-7-4-6-19(2)14-21/h4-15,23,32H,16-17H2,1-3H3,(H,29,36). The quantitative estimate of drug-likeness (QED) is 0.314. The number of hydrogen-bond acceptors (Lipinski definition) is 7. The van der Waals surface area contributed by atoms with Crippen LogP contribution in [0, 0.1) is 13.8 Å². The third kappa shape index (κ3) is 5.66. The first kappa shape index (κ1) is 25.7. The molecule has 0 saturated carbocycles. The molecule has 0 bridgehead atoms. The van der Waals surface area contributed by atoms with Crippen LogP contribution >= 0.6 is 23.1 Å². The van der Waals surface area contributed by atoms with E-state index in [0.29, 0.717) is 16.5 Å². The summed E-state index contributed by atoms with van der Waals surface area (Å²) in [7, 11) is 1.83. The summed E-state index contributed by atoms with van der Waals surface area (Å²) in [6.07, 6.45) is 2.09. The summed E-state index contributed by atoms with van der Waals surface area (Å²) < 4.78 is 1.80. The summed E-state index contributed by atoms with van der Waals surface area (Å²) in [6.45, 7) is 4.23. The molecule has 2 N–H and O–H groups in total. The molecule has 2 aromatic heterocycles. The highest BCUT2D eigenvalue weighted by atomic mass is 32.2. The van der Waals surface area contributed by atoms with Crippen molar-refractivity contribution in [3.05, 3.63) is 105 Å². The topological polar surface area (TPSA) is 92.2 Å². The van der Waals surface area contributed by atoms with E-state index in [1.165, 1.54) is 17.3 Å². The number of aryl methyl sites for hydroxylation is 2. The van der Waals surface area contributed by atoms with Gasteiger partial charge < -0.3 is 9.88 Å². The molecule has 0 spiro atoms. The number of hydrazine groups is 1. The number of hydrogen-bond donors (Lipinski definition) is 2. The van der Waals surface area contributed by atoms with Gasteiger partial charge in [0.15, 0.2) is 11.0 Å². The molecule has 1 unspecified atom stereocenters. The predicted octanol–water partition coefficient (Wildman–Crippen LogP) is 4.64. The first-order valence-electron chi connectivity index (χ1n) is 12.2. The van der Waals surface area contributed by atoms with E-state index in [1.807, 2.05) is 56.6 Å². The van der Waals surface area contributed by atoms with E-state index in [0.717, 1.165) is 21.7 Å². The van der Waals surface area contributed by atoms with Crippen LogP contribution in [-0.2, 0) is 18.4 Å². The summed E-state index contributed by atoms with van der Waals surface area (Å²) >= 11 is 2.95. The number of thioether (sulfide) groups is 1. The molecular weight excluding hydrogens is 516 g/mol. The summed E-state index contributed by atoms with van der Waals surface area (Å²) in [5.74, 6) is 0.556. The Balaban J connectivity index is 1.23. The number of carbonyl (C=O) groups is 2. The maximum atomic E-state index is 13.4. The third-order valence-corrected chi connectivity index (χ3v) is 8.16. The zero-order chi connectivity index (χ0) is 26.6. The zero-order valence-electron chi connectivity index (χ0n) is 21.3. The van der Waals surface area contributed by atoms with Gasteiger partial charge in [0.2, 0.25) is 0 Å². The van der Waals surface area contributed by atoms with Crippen molar-refractivity contribution in [2.75, 3.05) is 5.75 Å². The number of aromatic nitrogens is 3. The number of thiophene rings is 1. The molecule has 5 rings (SSSR count). The third-order valence-electron chi connectivity index (χ3n) is 6.25. The Hall–Kier alpha value is -3.89. The molecule has 4 aromatic rings. The Bertz CT molecular complexity index is 1480. The van der Waals surface area contributed by atoms with Crippen molar-refractivity contribution in [3.63, 3.8) is 0 Å². The number of rotatable bonds is 8. The van der Waals surface area contributed by atoms with Gasteiger partial charge in [-0.1, -0.05) is 65.4 Å². The molecule has 0 saturated heterocycles. The number of carbonyl (C=O) groups excluding carboxylic acids is 2. The van der Waals surface area contributed by atoms with Crippen LogP contribution < -0.4 is 10.7 Å². The Labute approximate surface area is 229 Å². The van der Waals surface area contributed by atoms with Gasteiger partial charge in [-0.15, -0.1) is 21.5 Å². The van der Waals surface area contributed by atoms with Crippen molar-refractivity contribution in [2.24, 2.45) is 7.05 Å². The minimum absolute atomic E-state index is 0.0688. The van der Waals surface area contributed by atoms with Gasteiger partial charge in [0.25, 0.3) is 11.8 Å². The van der Waals surface area contributed by atoms with E-state index < -0.39 is 0 Å². The highest BCUT2D eigenvalue weighted by Crippen LogP contribution is 2.33. The van der Waals surface area contributed by atoms with E-state index in [1.54, 1.807) is 27.0 Å². The fourth-order valence-corrected chi connectivity index (χ4v) is 5.62. The van der Waals surface area contributed by atoms with Gasteiger partial charge in [-0.25, -0.2) is 5.01 Å². The molecule has 2 amide bonds. The van der Waals surface area contributed by atoms with E-state index >= 15 is 0 Å². The maximum Gasteiger partial charge on any atom is 0.252 e. The van der Waals surface area contributed by atoms with E-state index in [4.69, 9.17) is 0 Å². The number of amides is 2. The van der Waals surface area contributed by atoms with E-state index in [2.05, 4.69) is 51.3 Å². The summed E-state index contributed by atoms with van der Waals surface area (Å²) in [4.78, 5) is 27.0. The van der Waals surface area contributed by atoms with Gasteiger partial charge in [0, 0.05) is 12.6 Å². The molecule has 8 nitrogen and oxygen atoms in total. The Morgan fingerprint density at radius 1 is 1.05 bits per heavy atom. The minimum atomic E-state index is -0.215. The second-order valence-electron chi connectivity index (χ2n) is 9.09. The largest absolute Gasteiger partial charge is 0.345 e. The molecule has 38 heavy (non-hydrogen) atoms. The average Bonchev–Trinajstić information content (AvgIpc) is 3.67. The minimum Gasteiger partial charge on any atom is -0.345 e. The summed E-state index contributed by atoms with van der Waals surface area (Å²) in [5, 5.41) is 15.7. The van der Waals surface area contributed by atoms with Crippen LogP contribution in [-0.4, -0.2) is 37.3 Å². The Morgan fingerprint density at radius 2 is 1.87 bits per heavy atom. The van der Waals surface area contributed by atoms with Crippen molar-refractivity contribution >= 4 is 40.6 Å². The van der Waals surface area contributed by atoms with Crippen LogP contribution in [0.4, 0.5) is 0 Å². The van der Waals surface area contributed by atoms with Crippen LogP contribution in [0.15, 0.2) is 77.3 Å². The van der Waals surface area contributed by atoms with Crippen LogP contribution in [0.25, 0.3) is 5.70 Å². The number of nitrogens with zero attached hydrogens (tertiary/aromatic N) is 4. The molecule has 0 fully saturated rings. The molecule has 1 aliphatic heterocycles. The van der Waals surface area contributed by atoms with Crippen LogP contribution in [0.1, 0.15) is 43.8 Å². The molecular formula is C28H28N6O2S2. The van der Waals surface area contributed by atoms with Crippen molar-refractivity contribution in [1.29, 1.82) is 0 Å². The van der Waals surface area contributed by atoms with Crippen molar-refractivity contribution in [1.82, 2.24) is 30.5 Å². The van der Waals surface area contributed by atoms with Crippen molar-refractivity contribution in [2.45, 2.75) is 31.6 Å². The first-order valence-corrected chi connectivity index (χ1v) is 14.0. The lowest BCUT2D eigenvalue weighted by molar-refractivity contribution is -0.131. The first-order chi connectivity index (χ1) is 18.4. The number of benzene rings is 2. The predicted molar refractivity (Wildman–Crippen MR) is 150 cm³/mol. The smallest absolute Gasteiger partial charge is 0.252 e. The van der Waals surface area contributed by atoms with Gasteiger partial charge in [-0.3, -0.25) is 15.0 Å². The van der Waals surface area contributed by atoms with Crippen LogP contribution in [0.3, 0.4) is 0 Å². The van der Waals surface area contributed by atoms with Gasteiger partial charge in [0.05, 0.1) is 28.9 Å². The average molecular weight is 545 g/mol. The molecule has 2 aromatic carbocycles. The zero-order valence-corrected chi connectivity index (χ0v) is 23.0. The molecule has 3 heterocycles. The Kier molecular flexibility index (Phi) is 7.62. The lowest BCUT2D eigenvalue weighted by atomic mass is 10.0. The van der Waals surface area contributed by atoms with E-state index in [9.17, 15) is 9.59 Å². The van der Waals surface area contributed by atoms with Gasteiger partial charge in [0.1, 0.15) is 0 Å². The molecule has 1 aliphatic rings. The lowest BCUT2D eigenvalue weighted by Crippen LogP contribution is -2.40. The molecule has 194 valence electrons. The fraction of sp³-hybridized carbons (Fsp3) is 0.214. The Morgan fingerprint density at radius 3 is 2.61 bits per heavy atom. The van der Waals surface area contributed by atoms with Crippen molar-refractivity contribution < 1.29 is 9.59 Å². The molecule has 1 atom stereocenters. The summed E-state index contributed by atoms with van der Waals surface area (Å²) in [5.41, 5.74) is 8.08. The SMILES string of the molecule is Cc1ccc(C2C=C(c3cccs3)NN2C(=O)CSc2nnc(CNC(=O)c3cccc(C)c3)n2C)cc1. The highest BCUT2D eigenvalue weighted by Gasteiger charge is 2.31. The van der Waals surface area contributed by atoms with Gasteiger partial charge in [-0.2, -0.15) is 0 Å². The molecule has 0 aliphatic carbocycles. The fourth-order valence-electron chi connectivity index (χ4n) is 4.13. The lowest BCUT2D eigenvalue weighted by Gasteiger charge is -2.25. The number of nitrogens with one attached hydrogen (secondary N) is 2. The van der Waals surface area contributed by atoms with Crippen LogP contribution in [0.2, 0.25) is 0 Å². The molecule has 10 heteroatoms. The summed E-state index contributed by atoms with van der Waals surface area (Å²) in [6, 6.07) is 19.5. The highest BCUT2D eigenvalue weighted by molar-refractivity contribution is 7.99. The van der Waals surface area contributed by atoms with Gasteiger partial charge in [-0.05, 0) is 49.1 Å². The maximum absolute atomic E-state index is 13.4. The van der Waals surface area contributed by atoms with E-state index in [-0.39, 0.29) is 30.2 Å². The van der Waals surface area contributed by atoms with Crippen LogP contribution in [0.5, 0.6) is 0 Å².